The number of carbonyl (C=O) groups is 3. The zero-order chi connectivity index (χ0) is 22.7. The quantitative estimate of drug-likeness (QED) is 0.539. The first-order valence-electron chi connectivity index (χ1n) is 9.15. The molecule has 2 aromatic rings. The van der Waals surface area contributed by atoms with E-state index in [-0.39, 0.29) is 17.8 Å². The summed E-state index contributed by atoms with van der Waals surface area (Å²) < 4.78 is 51.1. The van der Waals surface area contributed by atoms with Crippen LogP contribution < -0.4 is 5.32 Å². The third-order valence-electron chi connectivity index (χ3n) is 4.93. The summed E-state index contributed by atoms with van der Waals surface area (Å²) in [6.45, 7) is 0.0379. The second-order valence-electron chi connectivity index (χ2n) is 6.68. The summed E-state index contributed by atoms with van der Waals surface area (Å²) in [6, 6.07) is -1.67. The molecule has 0 bridgehead atoms. The fourth-order valence-electron chi connectivity index (χ4n) is 3.38. The maximum absolute atomic E-state index is 14.6. The van der Waals surface area contributed by atoms with E-state index in [2.05, 4.69) is 24.8 Å². The van der Waals surface area contributed by atoms with Crippen LogP contribution >= 0.6 is 0 Å². The highest BCUT2D eigenvalue weighted by molar-refractivity contribution is 5.87. The number of esters is 2. The van der Waals surface area contributed by atoms with E-state index in [9.17, 15) is 27.6 Å². The van der Waals surface area contributed by atoms with Gasteiger partial charge in [0, 0.05) is 24.2 Å². The molecule has 2 N–H and O–H groups in total. The summed E-state index contributed by atoms with van der Waals surface area (Å²) in [5, 5.41) is 2.35. The molecule has 3 rings (SSSR count). The SMILES string of the molecule is COC(=O)CC(NC(=O)N1CCc2[nH]cnc2C1c1ccc(F)c(F)c1F)C(=O)OC. The summed E-state index contributed by atoms with van der Waals surface area (Å²) in [6.07, 6.45) is 1.15. The Bertz CT molecular complexity index is 1010. The van der Waals surface area contributed by atoms with E-state index in [1.807, 2.05) is 0 Å². The van der Waals surface area contributed by atoms with E-state index in [0.29, 0.717) is 12.1 Å². The van der Waals surface area contributed by atoms with Gasteiger partial charge in [-0.25, -0.2) is 27.7 Å². The van der Waals surface area contributed by atoms with Crippen LogP contribution in [0.5, 0.6) is 0 Å². The number of nitrogens with zero attached hydrogens (tertiary/aromatic N) is 2. The zero-order valence-corrected chi connectivity index (χ0v) is 16.6. The minimum absolute atomic E-state index is 0.0379. The number of aromatic amines is 1. The number of urea groups is 1. The summed E-state index contributed by atoms with van der Waals surface area (Å²) in [5.41, 5.74) is 0.524. The fourth-order valence-corrected chi connectivity index (χ4v) is 3.38. The van der Waals surface area contributed by atoms with Crippen LogP contribution in [0.25, 0.3) is 0 Å². The third-order valence-corrected chi connectivity index (χ3v) is 4.93. The van der Waals surface area contributed by atoms with Crippen molar-refractivity contribution in [2.24, 2.45) is 0 Å². The van der Waals surface area contributed by atoms with Crippen LogP contribution in [0.4, 0.5) is 18.0 Å². The maximum Gasteiger partial charge on any atom is 0.329 e. The predicted octanol–water partition coefficient (Wildman–Crippen LogP) is 1.59. The molecule has 2 heterocycles. The fraction of sp³-hybridized carbons (Fsp3) is 0.368. The first-order valence-corrected chi connectivity index (χ1v) is 9.15. The van der Waals surface area contributed by atoms with E-state index in [1.165, 1.54) is 6.33 Å². The molecule has 2 atom stereocenters. The molecule has 166 valence electrons. The average molecular weight is 440 g/mol. The van der Waals surface area contributed by atoms with Crippen molar-refractivity contribution >= 4 is 18.0 Å². The summed E-state index contributed by atoms with van der Waals surface area (Å²) >= 11 is 0. The molecule has 0 fully saturated rings. The molecule has 2 unspecified atom stereocenters. The van der Waals surface area contributed by atoms with Crippen molar-refractivity contribution < 1.29 is 37.0 Å². The summed E-state index contributed by atoms with van der Waals surface area (Å²) in [4.78, 5) is 44.7. The largest absolute Gasteiger partial charge is 0.469 e. The van der Waals surface area contributed by atoms with Crippen molar-refractivity contribution in [3.8, 4) is 0 Å². The lowest BCUT2D eigenvalue weighted by atomic mass is 9.95. The lowest BCUT2D eigenvalue weighted by molar-refractivity contribution is -0.149. The van der Waals surface area contributed by atoms with Gasteiger partial charge in [0.15, 0.2) is 17.5 Å². The third kappa shape index (κ3) is 4.32. The van der Waals surface area contributed by atoms with Crippen LogP contribution in [0.3, 0.4) is 0 Å². The van der Waals surface area contributed by atoms with E-state index < -0.39 is 53.9 Å². The number of aromatic nitrogens is 2. The normalized spacial score (nSPS) is 16.3. The van der Waals surface area contributed by atoms with Crippen molar-refractivity contribution in [1.29, 1.82) is 0 Å². The first-order chi connectivity index (χ1) is 14.8. The number of H-pyrrole nitrogens is 1. The molecular weight excluding hydrogens is 421 g/mol. The topological polar surface area (TPSA) is 114 Å². The van der Waals surface area contributed by atoms with Crippen molar-refractivity contribution in [3.05, 3.63) is 52.9 Å². The number of methoxy groups -OCH3 is 2. The van der Waals surface area contributed by atoms with Crippen LogP contribution in [0.1, 0.15) is 29.4 Å². The second-order valence-corrected chi connectivity index (χ2v) is 6.68. The molecule has 1 aromatic heterocycles. The second kappa shape index (κ2) is 9.06. The number of rotatable bonds is 5. The molecule has 0 saturated heterocycles. The molecule has 12 heteroatoms. The van der Waals surface area contributed by atoms with E-state index in [4.69, 9.17) is 0 Å². The van der Waals surface area contributed by atoms with Crippen molar-refractivity contribution in [2.75, 3.05) is 20.8 Å². The number of hydrogen-bond acceptors (Lipinski definition) is 6. The molecule has 0 aliphatic carbocycles. The van der Waals surface area contributed by atoms with Gasteiger partial charge in [0.25, 0.3) is 0 Å². The number of halogens is 3. The van der Waals surface area contributed by atoms with Crippen molar-refractivity contribution in [1.82, 2.24) is 20.2 Å². The Labute approximate surface area is 174 Å². The molecule has 1 aliphatic heterocycles. The molecular formula is C19H19F3N4O5. The number of ether oxygens (including phenoxy) is 2. The minimum Gasteiger partial charge on any atom is -0.469 e. The van der Waals surface area contributed by atoms with Crippen LogP contribution in [0.15, 0.2) is 18.5 Å². The molecule has 0 radical (unpaired) electrons. The number of benzene rings is 1. The van der Waals surface area contributed by atoms with Gasteiger partial charge in [0.05, 0.1) is 32.7 Å². The standard InChI is InChI=1S/C19H19F3N4O5/c1-30-13(27)7-12(18(28)31-2)25-19(29)26-6-5-11-16(24-8-23-11)17(26)9-3-4-10(20)15(22)14(9)21/h3-4,8,12,17H,5-7H2,1-2H3,(H,23,24)(H,25,29). The van der Waals surface area contributed by atoms with E-state index in [1.54, 1.807) is 0 Å². The molecule has 31 heavy (non-hydrogen) atoms. The number of hydrogen-bond donors (Lipinski definition) is 2. The highest BCUT2D eigenvalue weighted by atomic mass is 19.2. The first kappa shape index (κ1) is 22.1. The summed E-state index contributed by atoms with van der Waals surface area (Å²) in [7, 11) is 2.19. The zero-order valence-electron chi connectivity index (χ0n) is 16.6. The smallest absolute Gasteiger partial charge is 0.329 e. The van der Waals surface area contributed by atoms with Crippen LogP contribution in [0, 0.1) is 17.5 Å². The van der Waals surface area contributed by atoms with Crippen LogP contribution in [-0.4, -0.2) is 59.6 Å². The minimum atomic E-state index is -1.68. The van der Waals surface area contributed by atoms with Gasteiger partial charge in [-0.15, -0.1) is 0 Å². The monoisotopic (exact) mass is 440 g/mol. The van der Waals surface area contributed by atoms with Gasteiger partial charge in [0.2, 0.25) is 0 Å². The molecule has 9 nitrogen and oxygen atoms in total. The van der Waals surface area contributed by atoms with Gasteiger partial charge in [-0.05, 0) is 6.07 Å². The average Bonchev–Trinajstić information content (AvgIpc) is 3.25. The summed E-state index contributed by atoms with van der Waals surface area (Å²) in [5.74, 6) is -6.19. The van der Waals surface area contributed by atoms with E-state index in [0.717, 1.165) is 31.3 Å². The number of imidazole rings is 1. The number of nitrogens with one attached hydrogen (secondary N) is 2. The highest BCUT2D eigenvalue weighted by Crippen LogP contribution is 2.35. The molecule has 2 amide bonds. The van der Waals surface area contributed by atoms with Gasteiger partial charge < -0.3 is 24.7 Å². The molecule has 0 saturated carbocycles. The van der Waals surface area contributed by atoms with Crippen LogP contribution in [-0.2, 0) is 25.5 Å². The van der Waals surface area contributed by atoms with Crippen molar-refractivity contribution in [2.45, 2.75) is 24.9 Å². The molecule has 0 spiro atoms. The lowest BCUT2D eigenvalue weighted by Gasteiger charge is -2.36. The van der Waals surface area contributed by atoms with Gasteiger partial charge >= 0.3 is 18.0 Å². The van der Waals surface area contributed by atoms with E-state index >= 15 is 0 Å². The Morgan fingerprint density at radius 3 is 2.65 bits per heavy atom. The van der Waals surface area contributed by atoms with Gasteiger partial charge in [-0.2, -0.15) is 0 Å². The van der Waals surface area contributed by atoms with Gasteiger partial charge in [0.1, 0.15) is 12.1 Å². The Balaban J connectivity index is 1.96. The predicted molar refractivity (Wildman–Crippen MR) is 98.1 cm³/mol. The Morgan fingerprint density at radius 1 is 1.23 bits per heavy atom. The van der Waals surface area contributed by atoms with Crippen molar-refractivity contribution in [3.63, 3.8) is 0 Å². The molecule has 1 aliphatic rings. The Kier molecular flexibility index (Phi) is 6.47. The maximum atomic E-state index is 14.6. The number of amides is 2. The highest BCUT2D eigenvalue weighted by Gasteiger charge is 2.38. The van der Waals surface area contributed by atoms with Crippen LogP contribution in [0.2, 0.25) is 0 Å². The Hall–Kier alpha value is -3.57. The van der Waals surface area contributed by atoms with Gasteiger partial charge in [-0.3, -0.25) is 4.79 Å². The number of carbonyl (C=O) groups excluding carboxylic acids is 3. The molecule has 1 aromatic carbocycles. The van der Waals surface area contributed by atoms with Gasteiger partial charge in [-0.1, -0.05) is 6.07 Å². The number of fused-ring (bicyclic) bond motifs is 1. The Morgan fingerprint density at radius 2 is 1.97 bits per heavy atom. The lowest BCUT2D eigenvalue weighted by Crippen LogP contribution is -2.52.